The van der Waals surface area contributed by atoms with E-state index in [1.807, 2.05) is 26.0 Å². The SMILES string of the molecule is CN(C(=O)CCOCCCOc1ccc2c(c1)C(=O)N(C1CCC(=O)NC1=O)C2=O)c1nc(NS(C)(=O)=O)ncc1COc1ccc(C(C)(C)c2cc(Cl)c(OCCCl)c(C#N)c2)cc1. The third kappa shape index (κ3) is 11.5. The van der Waals surface area contributed by atoms with E-state index in [1.54, 1.807) is 30.3 Å². The number of alkyl halides is 1. The summed E-state index contributed by atoms with van der Waals surface area (Å²) in [5, 5.41) is 12.2. The number of benzene rings is 3. The number of nitriles is 1. The van der Waals surface area contributed by atoms with Crippen LogP contribution < -0.4 is 29.1 Å². The van der Waals surface area contributed by atoms with Gasteiger partial charge in [-0.1, -0.05) is 37.6 Å². The molecule has 65 heavy (non-hydrogen) atoms. The molecule has 3 heterocycles. The van der Waals surface area contributed by atoms with Crippen LogP contribution in [0.15, 0.2) is 60.8 Å². The predicted octanol–water partition coefficient (Wildman–Crippen LogP) is 5.14. The topological polar surface area (TPSA) is 237 Å². The van der Waals surface area contributed by atoms with Crippen molar-refractivity contribution in [1.82, 2.24) is 20.2 Å². The lowest BCUT2D eigenvalue weighted by Crippen LogP contribution is -2.54. The summed E-state index contributed by atoms with van der Waals surface area (Å²) in [6.45, 7) is 4.55. The number of fused-ring (bicyclic) bond motifs is 1. The number of sulfonamides is 1. The van der Waals surface area contributed by atoms with Crippen LogP contribution in [0.3, 0.4) is 0 Å². The van der Waals surface area contributed by atoms with Crippen LogP contribution >= 0.6 is 23.2 Å². The van der Waals surface area contributed by atoms with Gasteiger partial charge >= 0.3 is 0 Å². The van der Waals surface area contributed by atoms with Crippen molar-refractivity contribution < 1.29 is 51.3 Å². The van der Waals surface area contributed by atoms with Crippen molar-refractivity contribution >= 4 is 74.5 Å². The number of halogens is 2. The fourth-order valence-corrected chi connectivity index (χ4v) is 7.84. The molecular formula is C44H45Cl2N7O11S. The van der Waals surface area contributed by atoms with Gasteiger partial charge in [-0.15, -0.1) is 11.6 Å². The zero-order chi connectivity index (χ0) is 47.1. The van der Waals surface area contributed by atoms with Gasteiger partial charge in [0.2, 0.25) is 33.7 Å². The third-order valence-electron chi connectivity index (χ3n) is 10.6. The average molecular weight is 951 g/mol. The number of hydrogen-bond donors (Lipinski definition) is 2. The van der Waals surface area contributed by atoms with Crippen molar-refractivity contribution in [2.24, 2.45) is 0 Å². The van der Waals surface area contributed by atoms with E-state index in [-0.39, 0.29) is 92.7 Å². The number of aromatic nitrogens is 2. The summed E-state index contributed by atoms with van der Waals surface area (Å²) in [4.78, 5) is 73.9. The smallest absolute Gasteiger partial charge is 0.262 e. The van der Waals surface area contributed by atoms with E-state index in [0.29, 0.717) is 34.1 Å². The van der Waals surface area contributed by atoms with Gasteiger partial charge in [0.1, 0.15) is 42.6 Å². The highest BCUT2D eigenvalue weighted by Gasteiger charge is 2.44. The van der Waals surface area contributed by atoms with Crippen LogP contribution in [0.2, 0.25) is 5.02 Å². The second-order valence-electron chi connectivity index (χ2n) is 15.5. The van der Waals surface area contributed by atoms with Gasteiger partial charge in [-0.05, 0) is 60.0 Å². The van der Waals surface area contributed by atoms with Gasteiger partial charge in [0.25, 0.3) is 11.8 Å². The first-order valence-electron chi connectivity index (χ1n) is 20.2. The summed E-state index contributed by atoms with van der Waals surface area (Å²) in [6.07, 6.45) is 2.75. The number of piperidine rings is 1. The molecule has 6 rings (SSSR count). The van der Waals surface area contributed by atoms with E-state index in [2.05, 4.69) is 26.1 Å². The maximum absolute atomic E-state index is 13.4. The van der Waals surface area contributed by atoms with Crippen LogP contribution in [0, 0.1) is 11.3 Å². The second kappa shape index (κ2) is 20.7. The highest BCUT2D eigenvalue weighted by Crippen LogP contribution is 2.39. The Morgan fingerprint density at radius 2 is 1.69 bits per heavy atom. The molecule has 1 saturated heterocycles. The average Bonchev–Trinajstić information content (AvgIpc) is 3.51. The third-order valence-corrected chi connectivity index (χ3v) is 11.6. The number of nitrogens with zero attached hydrogens (tertiary/aromatic N) is 5. The maximum Gasteiger partial charge on any atom is 0.262 e. The van der Waals surface area contributed by atoms with Gasteiger partial charge in [-0.25, -0.2) is 13.4 Å². The van der Waals surface area contributed by atoms with Gasteiger partial charge in [0.05, 0.1) is 59.0 Å². The minimum absolute atomic E-state index is 0.0166. The van der Waals surface area contributed by atoms with Crippen molar-refractivity contribution in [3.63, 3.8) is 0 Å². The predicted molar refractivity (Wildman–Crippen MR) is 238 cm³/mol. The molecule has 1 fully saturated rings. The maximum atomic E-state index is 13.4. The lowest BCUT2D eigenvalue weighted by molar-refractivity contribution is -0.136. The summed E-state index contributed by atoms with van der Waals surface area (Å²) in [5.74, 6) is -1.59. The van der Waals surface area contributed by atoms with Crippen LogP contribution in [0.1, 0.15) is 82.5 Å². The molecule has 1 unspecified atom stereocenters. The summed E-state index contributed by atoms with van der Waals surface area (Å²) in [6, 6.07) is 16.3. The molecule has 5 amide bonds. The number of anilines is 2. The Kier molecular flexibility index (Phi) is 15.3. The Morgan fingerprint density at radius 3 is 2.38 bits per heavy atom. The largest absolute Gasteiger partial charge is 0.493 e. The first-order valence-corrected chi connectivity index (χ1v) is 23.0. The van der Waals surface area contributed by atoms with E-state index >= 15 is 0 Å². The van der Waals surface area contributed by atoms with Gasteiger partial charge in [-0.2, -0.15) is 10.2 Å². The molecule has 2 aliphatic rings. The normalized spacial score (nSPS) is 15.0. The lowest BCUT2D eigenvalue weighted by atomic mass is 9.77. The minimum atomic E-state index is -3.74. The molecule has 0 saturated carbocycles. The number of ether oxygens (including phenoxy) is 4. The first-order chi connectivity index (χ1) is 30.9. The van der Waals surface area contributed by atoms with Crippen LogP contribution in [0.25, 0.3) is 0 Å². The first kappa shape index (κ1) is 48.1. The van der Waals surface area contributed by atoms with E-state index in [4.69, 9.17) is 42.1 Å². The highest BCUT2D eigenvalue weighted by molar-refractivity contribution is 7.92. The molecule has 0 radical (unpaired) electrons. The molecule has 4 aromatic rings. The molecule has 21 heteroatoms. The van der Waals surface area contributed by atoms with Crippen LogP contribution in [-0.4, -0.2) is 104 Å². The summed E-state index contributed by atoms with van der Waals surface area (Å²) in [7, 11) is -2.26. The monoisotopic (exact) mass is 949 g/mol. The van der Waals surface area contributed by atoms with Gasteiger partial charge in [0.15, 0.2) is 5.75 Å². The molecule has 2 aliphatic heterocycles. The van der Waals surface area contributed by atoms with E-state index in [0.717, 1.165) is 22.3 Å². The van der Waals surface area contributed by atoms with Crippen molar-refractivity contribution in [2.75, 3.05) is 55.2 Å². The number of hydrogen-bond acceptors (Lipinski definition) is 14. The quantitative estimate of drug-likeness (QED) is 0.0664. The number of carbonyl (C=O) groups is 5. The number of carbonyl (C=O) groups excluding carboxylic acids is 5. The van der Waals surface area contributed by atoms with Gasteiger partial charge in [0, 0.05) is 38.1 Å². The van der Waals surface area contributed by atoms with E-state index in [1.165, 1.54) is 30.3 Å². The molecule has 18 nitrogen and oxygen atoms in total. The Labute approximate surface area is 385 Å². The Morgan fingerprint density at radius 1 is 0.969 bits per heavy atom. The number of amides is 5. The van der Waals surface area contributed by atoms with Gasteiger partial charge < -0.3 is 18.9 Å². The Balaban J connectivity index is 1.01. The molecule has 0 bridgehead atoms. The summed E-state index contributed by atoms with van der Waals surface area (Å²) in [5.41, 5.74) is 2.02. The highest BCUT2D eigenvalue weighted by atomic mass is 35.5. The molecule has 0 aliphatic carbocycles. The Bertz CT molecular complexity index is 2660. The molecule has 2 N–H and O–H groups in total. The zero-order valence-electron chi connectivity index (χ0n) is 35.8. The molecule has 1 aromatic heterocycles. The fourth-order valence-electron chi connectivity index (χ4n) is 7.06. The Hall–Kier alpha value is -6.33. The summed E-state index contributed by atoms with van der Waals surface area (Å²) >= 11 is 12.3. The minimum Gasteiger partial charge on any atom is -0.493 e. The molecular weight excluding hydrogens is 905 g/mol. The fraction of sp³-hybridized carbons (Fsp3) is 0.364. The van der Waals surface area contributed by atoms with E-state index < -0.39 is 45.1 Å². The van der Waals surface area contributed by atoms with Crippen LogP contribution in [0.4, 0.5) is 11.8 Å². The number of imide groups is 2. The zero-order valence-corrected chi connectivity index (χ0v) is 38.1. The van der Waals surface area contributed by atoms with Crippen molar-refractivity contribution in [1.29, 1.82) is 5.26 Å². The van der Waals surface area contributed by atoms with Gasteiger partial charge in [-0.3, -0.25) is 43.8 Å². The lowest BCUT2D eigenvalue weighted by Gasteiger charge is -2.27. The van der Waals surface area contributed by atoms with Crippen LogP contribution in [0.5, 0.6) is 17.2 Å². The summed E-state index contributed by atoms with van der Waals surface area (Å²) < 4.78 is 49.3. The second-order valence-corrected chi connectivity index (χ2v) is 18.0. The molecule has 1 atom stereocenters. The van der Waals surface area contributed by atoms with E-state index in [9.17, 15) is 37.7 Å². The molecule has 3 aromatic carbocycles. The van der Waals surface area contributed by atoms with Crippen molar-refractivity contribution in [3.8, 4) is 23.3 Å². The molecule has 342 valence electrons. The molecule has 0 spiro atoms. The van der Waals surface area contributed by atoms with Crippen molar-refractivity contribution in [2.45, 2.75) is 57.6 Å². The number of nitrogens with one attached hydrogen (secondary N) is 2. The van der Waals surface area contributed by atoms with Crippen molar-refractivity contribution in [3.05, 3.63) is 99.2 Å². The number of rotatable bonds is 20. The van der Waals surface area contributed by atoms with Crippen LogP contribution in [-0.2, 0) is 41.2 Å². The standard InChI is InChI=1S/C44H45Cl2N7O11S/c1-44(2,29-20-26(23-47)38(34(46)21-29)63-19-15-45)28-6-8-30(9-7-28)64-25-27-24-48-43(51-65(4,59)60)50-39(27)52(3)37(55)14-18-61-16-5-17-62-31-10-11-32-33(22-31)42(58)53(41(32)57)35-12-13-36(54)49-40(35)56/h6-11,20-22,24,35H,5,12-19,25H2,1-4H3,(H,48,50,51)(H,49,54,56).